The quantitative estimate of drug-likeness (QED) is 0.448. The van der Waals surface area contributed by atoms with Gasteiger partial charge in [-0.15, -0.1) is 0 Å². The summed E-state index contributed by atoms with van der Waals surface area (Å²) in [4.78, 5) is 9.42. The highest BCUT2D eigenvalue weighted by molar-refractivity contribution is 6.42. The van der Waals surface area contributed by atoms with E-state index in [1.54, 1.807) is 12.1 Å². The summed E-state index contributed by atoms with van der Waals surface area (Å²) in [7, 11) is 0. The molecule has 1 fully saturated rings. The summed E-state index contributed by atoms with van der Waals surface area (Å²) in [5, 5.41) is 12.7. The van der Waals surface area contributed by atoms with Crippen molar-refractivity contribution in [1.82, 2.24) is 20.2 Å². The Morgan fingerprint density at radius 1 is 0.963 bits per heavy atom. The second-order valence-electron chi connectivity index (χ2n) is 6.65. The van der Waals surface area contributed by atoms with Crippen LogP contribution in [0.1, 0.15) is 24.5 Å². The Bertz CT molecular complexity index is 1150. The van der Waals surface area contributed by atoms with Crippen LogP contribution < -0.4 is 5.32 Å². The Morgan fingerprint density at radius 3 is 2.63 bits per heavy atom. The van der Waals surface area contributed by atoms with Gasteiger partial charge in [0.2, 0.25) is 0 Å². The first-order chi connectivity index (χ1) is 13.2. The van der Waals surface area contributed by atoms with Crippen molar-refractivity contribution in [1.29, 1.82) is 0 Å². The van der Waals surface area contributed by atoms with Crippen LogP contribution in [0.25, 0.3) is 22.3 Å². The summed E-state index contributed by atoms with van der Waals surface area (Å²) in [5.41, 5.74) is 2.75. The maximum atomic E-state index is 6.17. The number of hydrogen-bond acceptors (Lipinski definition) is 4. The van der Waals surface area contributed by atoms with E-state index < -0.39 is 0 Å². The molecule has 134 valence electrons. The van der Waals surface area contributed by atoms with E-state index in [2.05, 4.69) is 20.5 Å². The Hall–Kier alpha value is -2.63. The molecule has 1 aliphatic carbocycles. The molecule has 0 radical (unpaired) electrons. The lowest BCUT2D eigenvalue weighted by Crippen LogP contribution is -1.99. The summed E-state index contributed by atoms with van der Waals surface area (Å²) in [6, 6.07) is 15.3. The number of rotatable bonds is 4. The molecule has 5 rings (SSSR count). The Morgan fingerprint density at radius 2 is 1.81 bits per heavy atom. The summed E-state index contributed by atoms with van der Waals surface area (Å²) < 4.78 is 0. The molecule has 4 aromatic rings. The molecular weight excluding hydrogens is 381 g/mol. The van der Waals surface area contributed by atoms with Crippen molar-refractivity contribution in [3.05, 3.63) is 64.3 Å². The van der Waals surface area contributed by atoms with Gasteiger partial charge in [-0.2, -0.15) is 5.10 Å². The first kappa shape index (κ1) is 16.5. The number of aromatic nitrogens is 4. The zero-order valence-corrected chi connectivity index (χ0v) is 15.7. The lowest BCUT2D eigenvalue weighted by molar-refractivity contribution is 0.966. The molecule has 2 aromatic carbocycles. The summed E-state index contributed by atoms with van der Waals surface area (Å²) >= 11 is 12.2. The minimum atomic E-state index is 0.475. The number of nitrogens with one attached hydrogen (secondary N) is 2. The second kappa shape index (κ2) is 6.51. The molecule has 0 aliphatic heterocycles. The van der Waals surface area contributed by atoms with E-state index in [1.807, 2.05) is 36.4 Å². The smallest absolute Gasteiger partial charge is 0.162 e. The Kier molecular flexibility index (Phi) is 3.99. The van der Waals surface area contributed by atoms with Crippen molar-refractivity contribution >= 4 is 45.7 Å². The van der Waals surface area contributed by atoms with E-state index >= 15 is 0 Å². The average Bonchev–Trinajstić information content (AvgIpc) is 3.43. The molecule has 0 saturated heterocycles. The van der Waals surface area contributed by atoms with Crippen LogP contribution in [0.2, 0.25) is 10.0 Å². The number of benzene rings is 2. The summed E-state index contributed by atoms with van der Waals surface area (Å²) in [5.74, 6) is 2.70. The van der Waals surface area contributed by atoms with Crippen molar-refractivity contribution < 1.29 is 0 Å². The first-order valence-electron chi connectivity index (χ1n) is 8.72. The predicted octanol–water partition coefficient (Wildman–Crippen LogP) is 5.95. The van der Waals surface area contributed by atoms with Gasteiger partial charge in [0.15, 0.2) is 5.82 Å². The van der Waals surface area contributed by atoms with Crippen LogP contribution >= 0.6 is 23.2 Å². The number of halogens is 2. The van der Waals surface area contributed by atoms with Crippen LogP contribution in [0.4, 0.5) is 11.6 Å². The second-order valence-corrected chi connectivity index (χ2v) is 7.46. The minimum Gasteiger partial charge on any atom is -0.325 e. The first-order valence-corrected chi connectivity index (χ1v) is 9.47. The average molecular weight is 396 g/mol. The third kappa shape index (κ3) is 3.24. The maximum Gasteiger partial charge on any atom is 0.162 e. The molecule has 0 atom stereocenters. The number of H-pyrrole nitrogens is 1. The van der Waals surface area contributed by atoms with Gasteiger partial charge in [-0.1, -0.05) is 35.3 Å². The fraction of sp³-hybridized carbons (Fsp3) is 0.150. The monoisotopic (exact) mass is 395 g/mol. The summed E-state index contributed by atoms with van der Waals surface area (Å²) in [6.07, 6.45) is 2.42. The fourth-order valence-electron chi connectivity index (χ4n) is 3.05. The maximum absolute atomic E-state index is 6.17. The minimum absolute atomic E-state index is 0.475. The van der Waals surface area contributed by atoms with Gasteiger partial charge in [0.05, 0.1) is 21.3 Å². The van der Waals surface area contributed by atoms with Gasteiger partial charge < -0.3 is 5.32 Å². The largest absolute Gasteiger partial charge is 0.325 e. The van der Waals surface area contributed by atoms with Gasteiger partial charge in [0, 0.05) is 22.9 Å². The fourth-order valence-corrected chi connectivity index (χ4v) is 3.35. The molecule has 2 aromatic heterocycles. The molecule has 7 heteroatoms. The number of fused-ring (bicyclic) bond motifs is 1. The number of hydrogen-bond donors (Lipinski definition) is 2. The van der Waals surface area contributed by atoms with Gasteiger partial charge >= 0.3 is 0 Å². The van der Waals surface area contributed by atoms with Crippen LogP contribution in [-0.2, 0) is 0 Å². The highest BCUT2D eigenvalue weighted by atomic mass is 35.5. The highest BCUT2D eigenvalue weighted by Gasteiger charge is 2.26. The molecule has 1 aliphatic rings. The number of para-hydroxylation sites is 1. The third-order valence-electron chi connectivity index (χ3n) is 4.63. The van der Waals surface area contributed by atoms with E-state index in [-0.39, 0.29) is 0 Å². The van der Waals surface area contributed by atoms with Crippen molar-refractivity contribution in [2.75, 3.05) is 5.32 Å². The van der Waals surface area contributed by atoms with E-state index in [0.29, 0.717) is 27.6 Å². The standard InChI is InChI=1S/C20H15Cl2N5/c21-14-8-7-12(9-15(14)22)19-23-16-4-2-1-3-13(16)20(25-19)24-18-10-17(26-27-18)11-5-6-11/h1-4,7-11H,5-6H2,(H2,23,24,25,26,27). The van der Waals surface area contributed by atoms with Crippen molar-refractivity contribution in [3.8, 4) is 11.4 Å². The Balaban J connectivity index is 1.59. The number of aromatic amines is 1. The molecule has 2 N–H and O–H groups in total. The molecule has 2 heterocycles. The van der Waals surface area contributed by atoms with Crippen LogP contribution in [-0.4, -0.2) is 20.2 Å². The van der Waals surface area contributed by atoms with E-state index in [9.17, 15) is 0 Å². The van der Waals surface area contributed by atoms with E-state index in [4.69, 9.17) is 28.2 Å². The molecule has 0 bridgehead atoms. The van der Waals surface area contributed by atoms with Crippen LogP contribution in [0, 0.1) is 0 Å². The molecule has 5 nitrogen and oxygen atoms in total. The van der Waals surface area contributed by atoms with Crippen LogP contribution in [0.3, 0.4) is 0 Å². The predicted molar refractivity (Wildman–Crippen MR) is 109 cm³/mol. The van der Waals surface area contributed by atoms with Gasteiger partial charge in [-0.3, -0.25) is 5.10 Å². The lowest BCUT2D eigenvalue weighted by Gasteiger charge is -2.10. The van der Waals surface area contributed by atoms with Gasteiger partial charge in [0.1, 0.15) is 11.6 Å². The van der Waals surface area contributed by atoms with Crippen LogP contribution in [0.15, 0.2) is 48.5 Å². The molecular formula is C20H15Cl2N5. The normalized spacial score (nSPS) is 13.9. The molecule has 0 spiro atoms. The summed E-state index contributed by atoms with van der Waals surface area (Å²) in [6.45, 7) is 0. The van der Waals surface area contributed by atoms with Gasteiger partial charge in [-0.25, -0.2) is 9.97 Å². The third-order valence-corrected chi connectivity index (χ3v) is 5.37. The molecule has 27 heavy (non-hydrogen) atoms. The Labute approximate surface area is 165 Å². The lowest BCUT2D eigenvalue weighted by atomic mass is 10.2. The van der Waals surface area contributed by atoms with Gasteiger partial charge in [0.25, 0.3) is 0 Å². The van der Waals surface area contributed by atoms with Crippen molar-refractivity contribution in [2.24, 2.45) is 0 Å². The van der Waals surface area contributed by atoms with Crippen molar-refractivity contribution in [2.45, 2.75) is 18.8 Å². The SMILES string of the molecule is Clc1ccc(-c2nc(Nc3cc(C4CC4)n[nH]3)c3ccccc3n2)cc1Cl. The van der Waals surface area contributed by atoms with E-state index in [0.717, 1.165) is 28.0 Å². The van der Waals surface area contributed by atoms with E-state index in [1.165, 1.54) is 12.8 Å². The number of nitrogens with zero attached hydrogens (tertiary/aromatic N) is 3. The zero-order chi connectivity index (χ0) is 18.4. The van der Waals surface area contributed by atoms with Gasteiger partial charge in [-0.05, 0) is 43.2 Å². The van der Waals surface area contributed by atoms with Crippen molar-refractivity contribution in [3.63, 3.8) is 0 Å². The van der Waals surface area contributed by atoms with Crippen LogP contribution in [0.5, 0.6) is 0 Å². The molecule has 1 saturated carbocycles. The molecule has 0 amide bonds. The highest BCUT2D eigenvalue weighted by Crippen LogP contribution is 2.40. The number of anilines is 2. The topological polar surface area (TPSA) is 66.5 Å². The molecule has 0 unspecified atom stereocenters. The zero-order valence-electron chi connectivity index (χ0n) is 14.2.